The van der Waals surface area contributed by atoms with Crippen molar-refractivity contribution in [2.45, 2.75) is 32.3 Å². The first-order chi connectivity index (χ1) is 10.2. The Balaban J connectivity index is 1.90. The number of thiazole rings is 1. The molecule has 1 atom stereocenters. The van der Waals surface area contributed by atoms with Gasteiger partial charge in [-0.1, -0.05) is 18.3 Å². The zero-order valence-electron chi connectivity index (χ0n) is 11.8. The molecule has 1 aromatic carbocycles. The molecule has 1 aliphatic rings. The quantitative estimate of drug-likeness (QED) is 0.870. The number of fused-ring (bicyclic) bond motifs is 1. The second-order valence-electron chi connectivity index (χ2n) is 5.10. The van der Waals surface area contributed by atoms with Crippen LogP contribution in [-0.4, -0.2) is 30.1 Å². The molecule has 6 heteroatoms. The van der Waals surface area contributed by atoms with Crippen LogP contribution in [0.5, 0.6) is 0 Å². The van der Waals surface area contributed by atoms with Crippen molar-refractivity contribution < 1.29 is 13.9 Å². The fourth-order valence-electron chi connectivity index (χ4n) is 2.47. The van der Waals surface area contributed by atoms with Gasteiger partial charge in [0.25, 0.3) is 0 Å². The minimum Gasteiger partial charge on any atom is -0.376 e. The smallest absolute Gasteiger partial charge is 0.228 e. The molecule has 0 radical (unpaired) electrons. The summed E-state index contributed by atoms with van der Waals surface area (Å²) in [5.41, 5.74) is 0.720. The Morgan fingerprint density at radius 1 is 1.57 bits per heavy atom. The molecule has 0 bridgehead atoms. The van der Waals surface area contributed by atoms with Gasteiger partial charge < -0.3 is 4.74 Å². The molecule has 0 aliphatic carbocycles. The summed E-state index contributed by atoms with van der Waals surface area (Å²) in [4.78, 5) is 18.4. The van der Waals surface area contributed by atoms with Gasteiger partial charge in [0.1, 0.15) is 5.82 Å². The molecule has 0 unspecified atom stereocenters. The first kappa shape index (κ1) is 14.4. The number of ether oxygens (including phenoxy) is 1. The van der Waals surface area contributed by atoms with Gasteiger partial charge in [-0.2, -0.15) is 0 Å². The highest BCUT2D eigenvalue weighted by Crippen LogP contribution is 2.30. The molecule has 0 spiro atoms. The molecule has 1 saturated heterocycles. The van der Waals surface area contributed by atoms with Crippen molar-refractivity contribution in [1.29, 1.82) is 0 Å². The van der Waals surface area contributed by atoms with Gasteiger partial charge in [0.05, 0.1) is 22.9 Å². The summed E-state index contributed by atoms with van der Waals surface area (Å²) >= 11 is 1.35. The maximum atomic E-state index is 13.3. The van der Waals surface area contributed by atoms with E-state index in [0.29, 0.717) is 18.1 Å². The lowest BCUT2D eigenvalue weighted by molar-refractivity contribution is -0.118. The third-order valence-electron chi connectivity index (χ3n) is 3.58. The van der Waals surface area contributed by atoms with E-state index in [1.807, 2.05) is 6.92 Å². The van der Waals surface area contributed by atoms with Gasteiger partial charge in [0.15, 0.2) is 5.13 Å². The molecule has 1 amide bonds. The van der Waals surface area contributed by atoms with Crippen LogP contribution in [0.1, 0.15) is 26.2 Å². The molecular formula is C15H17FN2O2S. The highest BCUT2D eigenvalue weighted by molar-refractivity contribution is 7.22. The Labute approximate surface area is 126 Å². The van der Waals surface area contributed by atoms with Gasteiger partial charge in [-0.05, 0) is 31.0 Å². The van der Waals surface area contributed by atoms with E-state index in [4.69, 9.17) is 4.74 Å². The molecular weight excluding hydrogens is 291 g/mol. The van der Waals surface area contributed by atoms with Crippen LogP contribution in [0.3, 0.4) is 0 Å². The molecule has 2 heterocycles. The van der Waals surface area contributed by atoms with Gasteiger partial charge in [-0.15, -0.1) is 0 Å². The van der Waals surface area contributed by atoms with Crippen LogP contribution in [0.15, 0.2) is 18.2 Å². The number of anilines is 1. The molecule has 2 aromatic rings. The molecule has 1 aromatic heterocycles. The van der Waals surface area contributed by atoms with Gasteiger partial charge in [-0.25, -0.2) is 9.37 Å². The number of benzene rings is 1. The van der Waals surface area contributed by atoms with E-state index in [1.165, 1.54) is 23.5 Å². The Morgan fingerprint density at radius 3 is 3.14 bits per heavy atom. The predicted molar refractivity (Wildman–Crippen MR) is 81.2 cm³/mol. The van der Waals surface area contributed by atoms with Crippen molar-refractivity contribution in [2.24, 2.45) is 0 Å². The van der Waals surface area contributed by atoms with Crippen molar-refractivity contribution in [3.63, 3.8) is 0 Å². The molecule has 4 nitrogen and oxygen atoms in total. The Hall–Kier alpha value is -1.53. The number of hydrogen-bond donors (Lipinski definition) is 0. The van der Waals surface area contributed by atoms with Crippen molar-refractivity contribution in [3.05, 3.63) is 24.0 Å². The fraction of sp³-hybridized carbons (Fsp3) is 0.467. The third kappa shape index (κ3) is 3.06. The number of aromatic nitrogens is 1. The van der Waals surface area contributed by atoms with E-state index in [0.717, 1.165) is 29.7 Å². The van der Waals surface area contributed by atoms with Gasteiger partial charge in [0, 0.05) is 13.0 Å². The van der Waals surface area contributed by atoms with Crippen molar-refractivity contribution in [1.82, 2.24) is 4.98 Å². The average molecular weight is 308 g/mol. The molecule has 1 aliphatic heterocycles. The van der Waals surface area contributed by atoms with Crippen LogP contribution in [0, 0.1) is 5.82 Å². The minimum absolute atomic E-state index is 0.0185. The third-order valence-corrected chi connectivity index (χ3v) is 4.62. The lowest BCUT2D eigenvalue weighted by atomic mass is 10.2. The second-order valence-corrected chi connectivity index (χ2v) is 6.11. The Morgan fingerprint density at radius 2 is 2.43 bits per heavy atom. The van der Waals surface area contributed by atoms with E-state index >= 15 is 0 Å². The fourth-order valence-corrected chi connectivity index (χ4v) is 3.49. The van der Waals surface area contributed by atoms with Crippen molar-refractivity contribution in [3.8, 4) is 0 Å². The lowest BCUT2D eigenvalue weighted by Crippen LogP contribution is -2.37. The number of hydrogen-bond acceptors (Lipinski definition) is 4. The van der Waals surface area contributed by atoms with E-state index < -0.39 is 0 Å². The monoisotopic (exact) mass is 308 g/mol. The van der Waals surface area contributed by atoms with Crippen LogP contribution < -0.4 is 4.90 Å². The standard InChI is InChI=1S/C15H17FN2O2S/c1-2-14(19)18(9-11-4-3-7-20-11)15-17-12-6-5-10(16)8-13(12)21-15/h5-6,8,11H,2-4,7,9H2,1H3/t11-/m1/s1. The Kier molecular flexibility index (Phi) is 4.17. The number of amides is 1. The summed E-state index contributed by atoms with van der Waals surface area (Å²) < 4.78 is 19.6. The topological polar surface area (TPSA) is 42.4 Å². The highest BCUT2D eigenvalue weighted by atomic mass is 32.1. The van der Waals surface area contributed by atoms with Crippen LogP contribution in [0.4, 0.5) is 9.52 Å². The predicted octanol–water partition coefficient (Wildman–Crippen LogP) is 3.36. The van der Waals surface area contributed by atoms with E-state index in [9.17, 15) is 9.18 Å². The van der Waals surface area contributed by atoms with Gasteiger partial charge in [0.2, 0.25) is 5.91 Å². The lowest BCUT2D eigenvalue weighted by Gasteiger charge is -2.22. The van der Waals surface area contributed by atoms with Crippen LogP contribution in [-0.2, 0) is 9.53 Å². The molecule has 3 rings (SSSR count). The molecule has 112 valence electrons. The number of halogens is 1. The SMILES string of the molecule is CCC(=O)N(C[C@H]1CCCO1)c1nc2ccc(F)cc2s1. The maximum Gasteiger partial charge on any atom is 0.228 e. The number of nitrogens with zero attached hydrogens (tertiary/aromatic N) is 2. The van der Waals surface area contributed by atoms with Crippen LogP contribution in [0.2, 0.25) is 0 Å². The summed E-state index contributed by atoms with van der Waals surface area (Å²) in [6.07, 6.45) is 2.48. The zero-order chi connectivity index (χ0) is 14.8. The zero-order valence-corrected chi connectivity index (χ0v) is 12.7. The Bertz CT molecular complexity index is 652. The normalized spacial score (nSPS) is 18.3. The summed E-state index contributed by atoms with van der Waals surface area (Å²) in [7, 11) is 0. The van der Waals surface area contributed by atoms with Crippen molar-refractivity contribution in [2.75, 3.05) is 18.1 Å². The van der Waals surface area contributed by atoms with Gasteiger partial charge in [-0.3, -0.25) is 9.69 Å². The van der Waals surface area contributed by atoms with Crippen LogP contribution in [0.25, 0.3) is 10.2 Å². The van der Waals surface area contributed by atoms with Gasteiger partial charge >= 0.3 is 0 Å². The molecule has 0 saturated carbocycles. The summed E-state index contributed by atoms with van der Waals surface area (Å²) in [6, 6.07) is 4.49. The average Bonchev–Trinajstić information content (AvgIpc) is 3.12. The second kappa shape index (κ2) is 6.07. The van der Waals surface area contributed by atoms with Crippen molar-refractivity contribution >= 4 is 32.6 Å². The molecule has 0 N–H and O–H groups in total. The minimum atomic E-state index is -0.287. The maximum absolute atomic E-state index is 13.3. The molecule has 21 heavy (non-hydrogen) atoms. The number of rotatable bonds is 4. The summed E-state index contributed by atoms with van der Waals surface area (Å²) in [6.45, 7) is 3.11. The summed E-state index contributed by atoms with van der Waals surface area (Å²) in [5, 5.41) is 0.623. The first-order valence-corrected chi connectivity index (χ1v) is 7.97. The number of carbonyl (C=O) groups is 1. The van der Waals surface area contributed by atoms with E-state index in [2.05, 4.69) is 4.98 Å². The largest absolute Gasteiger partial charge is 0.376 e. The van der Waals surface area contributed by atoms with E-state index in [1.54, 1.807) is 11.0 Å². The first-order valence-electron chi connectivity index (χ1n) is 7.15. The highest BCUT2D eigenvalue weighted by Gasteiger charge is 2.25. The molecule has 1 fully saturated rings. The number of carbonyl (C=O) groups excluding carboxylic acids is 1. The van der Waals surface area contributed by atoms with Crippen LogP contribution >= 0.6 is 11.3 Å². The van der Waals surface area contributed by atoms with E-state index in [-0.39, 0.29) is 17.8 Å². The summed E-state index contributed by atoms with van der Waals surface area (Å²) in [5.74, 6) is -0.268.